The van der Waals surface area contributed by atoms with Crippen LogP contribution in [0.2, 0.25) is 0 Å². The maximum Gasteiger partial charge on any atom is 0.235 e. The molecule has 1 fully saturated rings. The molecule has 29 heavy (non-hydrogen) atoms. The van der Waals surface area contributed by atoms with Crippen molar-refractivity contribution in [3.05, 3.63) is 53.9 Å². The molecule has 0 unspecified atom stereocenters. The highest BCUT2D eigenvalue weighted by Gasteiger charge is 2.31. The highest BCUT2D eigenvalue weighted by atomic mass is 32.2. The fraction of sp³-hybridized carbons (Fsp3) is 0.524. The van der Waals surface area contributed by atoms with Gasteiger partial charge < -0.3 is 10.1 Å². The topological polar surface area (TPSA) is 90.3 Å². The first kappa shape index (κ1) is 21.5. The minimum Gasteiger partial charge on any atom is -0.373 e. The van der Waals surface area contributed by atoms with E-state index in [1.54, 1.807) is 6.20 Å². The van der Waals surface area contributed by atoms with Crippen LogP contribution in [0.15, 0.2) is 42.7 Å². The average molecular weight is 420 g/mol. The Balaban J connectivity index is 1.43. The second-order valence-electron chi connectivity index (χ2n) is 7.45. The van der Waals surface area contributed by atoms with Gasteiger partial charge in [0.15, 0.2) is 9.84 Å². The van der Waals surface area contributed by atoms with Crippen molar-refractivity contribution in [1.82, 2.24) is 15.1 Å². The summed E-state index contributed by atoms with van der Waals surface area (Å²) in [6.45, 7) is 3.83. The predicted octanol–water partition coefficient (Wildman–Crippen LogP) is 2.14. The number of carbonyl (C=O) groups excluding carboxylic acids is 1. The number of aryl methyl sites for hydroxylation is 2. The van der Waals surface area contributed by atoms with Crippen LogP contribution in [0.25, 0.3) is 0 Å². The molecule has 1 aromatic heterocycles. The molecule has 0 aliphatic carbocycles. The molecule has 1 amide bonds. The third kappa shape index (κ3) is 6.40. The van der Waals surface area contributed by atoms with Crippen molar-refractivity contribution in [2.75, 3.05) is 24.7 Å². The first-order valence-electron chi connectivity index (χ1n) is 10.1. The van der Waals surface area contributed by atoms with Gasteiger partial charge in [-0.05, 0) is 31.7 Å². The third-order valence-electron chi connectivity index (χ3n) is 5.20. The van der Waals surface area contributed by atoms with Crippen LogP contribution in [0.1, 0.15) is 37.0 Å². The number of sulfone groups is 1. The summed E-state index contributed by atoms with van der Waals surface area (Å²) < 4.78 is 32.2. The molecule has 3 rings (SSSR count). The number of nitrogens with zero attached hydrogens (tertiary/aromatic N) is 2. The Morgan fingerprint density at radius 1 is 1.31 bits per heavy atom. The quantitative estimate of drug-likeness (QED) is 0.637. The first-order chi connectivity index (χ1) is 14.0. The molecule has 2 aromatic rings. The molecule has 0 spiro atoms. The molecule has 1 saturated heterocycles. The zero-order chi connectivity index (χ0) is 20.7. The van der Waals surface area contributed by atoms with Gasteiger partial charge in [0.2, 0.25) is 5.91 Å². The number of carbonyl (C=O) groups is 1. The van der Waals surface area contributed by atoms with E-state index in [9.17, 15) is 13.2 Å². The lowest BCUT2D eigenvalue weighted by Gasteiger charge is -2.17. The van der Waals surface area contributed by atoms with E-state index in [4.69, 9.17) is 4.74 Å². The SMILES string of the molecule is CCn1cc([C@H]2OCC[C@@H]2CNC(=O)CS(=O)(=O)CCCc2ccccc2)cn1. The Kier molecular flexibility index (Phi) is 7.44. The normalized spacial score (nSPS) is 19.3. The van der Waals surface area contributed by atoms with Crippen LogP contribution in [-0.2, 0) is 32.3 Å². The Hall–Kier alpha value is -2.19. The summed E-state index contributed by atoms with van der Waals surface area (Å²) in [4.78, 5) is 12.2. The van der Waals surface area contributed by atoms with E-state index in [1.165, 1.54) is 0 Å². The summed E-state index contributed by atoms with van der Waals surface area (Å²) in [5.74, 6) is -0.775. The van der Waals surface area contributed by atoms with Crippen LogP contribution in [0.4, 0.5) is 0 Å². The number of hydrogen-bond acceptors (Lipinski definition) is 5. The molecule has 1 aromatic carbocycles. The highest BCUT2D eigenvalue weighted by molar-refractivity contribution is 7.92. The molecule has 7 nitrogen and oxygen atoms in total. The largest absolute Gasteiger partial charge is 0.373 e. The van der Waals surface area contributed by atoms with Crippen molar-refractivity contribution >= 4 is 15.7 Å². The molecule has 0 bridgehead atoms. The monoisotopic (exact) mass is 419 g/mol. The maximum absolute atomic E-state index is 12.3. The van der Waals surface area contributed by atoms with E-state index >= 15 is 0 Å². The lowest BCUT2D eigenvalue weighted by molar-refractivity contribution is -0.118. The van der Waals surface area contributed by atoms with Crippen molar-refractivity contribution in [2.24, 2.45) is 5.92 Å². The minimum atomic E-state index is -3.42. The van der Waals surface area contributed by atoms with Crippen LogP contribution in [0.3, 0.4) is 0 Å². The van der Waals surface area contributed by atoms with Gasteiger partial charge in [-0.1, -0.05) is 30.3 Å². The van der Waals surface area contributed by atoms with Crippen molar-refractivity contribution in [3.8, 4) is 0 Å². The standard InChI is InChI=1S/C21H29N3O4S/c1-2-24-15-19(14-23-24)21-18(10-11-28-21)13-22-20(25)16-29(26,27)12-6-9-17-7-4-3-5-8-17/h3-5,7-8,14-15,18,21H,2,6,9-13,16H2,1H3,(H,22,25)/t18-,21+/m1/s1. The molecule has 0 radical (unpaired) electrons. The van der Waals surface area contributed by atoms with Crippen LogP contribution < -0.4 is 5.32 Å². The highest BCUT2D eigenvalue weighted by Crippen LogP contribution is 2.33. The summed E-state index contributed by atoms with van der Waals surface area (Å²) in [5.41, 5.74) is 2.10. The number of benzene rings is 1. The van der Waals surface area contributed by atoms with Gasteiger partial charge in [-0.3, -0.25) is 9.48 Å². The van der Waals surface area contributed by atoms with Gasteiger partial charge >= 0.3 is 0 Å². The molecule has 2 heterocycles. The molecule has 1 N–H and O–H groups in total. The second-order valence-corrected chi connectivity index (χ2v) is 9.64. The Labute approximate surface area is 172 Å². The number of amides is 1. The fourth-order valence-electron chi connectivity index (χ4n) is 3.62. The van der Waals surface area contributed by atoms with E-state index in [2.05, 4.69) is 10.4 Å². The van der Waals surface area contributed by atoms with Gasteiger partial charge in [0.1, 0.15) is 5.75 Å². The summed E-state index contributed by atoms with van der Waals surface area (Å²) in [5, 5.41) is 7.06. The molecular weight excluding hydrogens is 390 g/mol. The van der Waals surface area contributed by atoms with E-state index < -0.39 is 21.5 Å². The molecule has 158 valence electrons. The number of aromatic nitrogens is 2. The first-order valence-corrected chi connectivity index (χ1v) is 11.9. The number of hydrogen-bond donors (Lipinski definition) is 1. The molecule has 0 saturated carbocycles. The van der Waals surface area contributed by atoms with Crippen LogP contribution in [-0.4, -0.2) is 48.8 Å². The second kappa shape index (κ2) is 10.0. The summed E-state index contributed by atoms with van der Waals surface area (Å²) in [7, 11) is -3.42. The van der Waals surface area contributed by atoms with E-state index in [0.717, 1.165) is 24.1 Å². The fourth-order valence-corrected chi connectivity index (χ4v) is 4.85. The van der Waals surface area contributed by atoms with Gasteiger partial charge in [0.25, 0.3) is 0 Å². The third-order valence-corrected chi connectivity index (χ3v) is 6.81. The number of rotatable bonds is 10. The Bertz CT molecular complexity index is 896. The zero-order valence-electron chi connectivity index (χ0n) is 16.8. The van der Waals surface area contributed by atoms with Gasteiger partial charge in [0, 0.05) is 37.4 Å². The van der Waals surface area contributed by atoms with Crippen molar-refractivity contribution < 1.29 is 17.9 Å². The van der Waals surface area contributed by atoms with Gasteiger partial charge in [-0.25, -0.2) is 8.42 Å². The van der Waals surface area contributed by atoms with E-state index in [0.29, 0.717) is 26.0 Å². The summed E-state index contributed by atoms with van der Waals surface area (Å²) >= 11 is 0. The maximum atomic E-state index is 12.3. The van der Waals surface area contributed by atoms with Crippen LogP contribution >= 0.6 is 0 Å². The number of ether oxygens (including phenoxy) is 1. The summed E-state index contributed by atoms with van der Waals surface area (Å²) in [6, 6.07) is 9.75. The van der Waals surface area contributed by atoms with Crippen molar-refractivity contribution in [2.45, 2.75) is 38.8 Å². The van der Waals surface area contributed by atoms with Crippen LogP contribution in [0, 0.1) is 5.92 Å². The van der Waals surface area contributed by atoms with Crippen molar-refractivity contribution in [1.29, 1.82) is 0 Å². The minimum absolute atomic E-state index is 0.0146. The summed E-state index contributed by atoms with van der Waals surface area (Å²) in [6.07, 6.45) is 5.67. The van der Waals surface area contributed by atoms with Gasteiger partial charge in [0.05, 0.1) is 18.1 Å². The molecular formula is C21H29N3O4S. The zero-order valence-corrected chi connectivity index (χ0v) is 17.6. The predicted molar refractivity (Wildman–Crippen MR) is 111 cm³/mol. The molecule has 2 atom stereocenters. The smallest absolute Gasteiger partial charge is 0.235 e. The lowest BCUT2D eigenvalue weighted by atomic mass is 9.97. The van der Waals surface area contributed by atoms with Gasteiger partial charge in [-0.15, -0.1) is 0 Å². The van der Waals surface area contributed by atoms with E-state index in [1.807, 2.05) is 48.1 Å². The molecule has 1 aliphatic rings. The Morgan fingerprint density at radius 2 is 2.10 bits per heavy atom. The molecule has 1 aliphatic heterocycles. The Morgan fingerprint density at radius 3 is 2.83 bits per heavy atom. The van der Waals surface area contributed by atoms with Crippen LogP contribution in [0.5, 0.6) is 0 Å². The average Bonchev–Trinajstić information content (AvgIpc) is 3.35. The lowest BCUT2D eigenvalue weighted by Crippen LogP contribution is -2.35. The van der Waals surface area contributed by atoms with Gasteiger partial charge in [-0.2, -0.15) is 5.10 Å². The van der Waals surface area contributed by atoms with Crippen molar-refractivity contribution in [3.63, 3.8) is 0 Å². The van der Waals surface area contributed by atoms with E-state index in [-0.39, 0.29) is 17.8 Å². The number of nitrogens with one attached hydrogen (secondary N) is 1. The molecule has 8 heteroatoms.